The van der Waals surface area contributed by atoms with Crippen LogP contribution in [0.4, 0.5) is 4.79 Å². The molecule has 1 aliphatic heterocycles. The van der Waals surface area contributed by atoms with E-state index in [4.69, 9.17) is 0 Å². The van der Waals surface area contributed by atoms with E-state index in [0.29, 0.717) is 6.54 Å². The molecule has 0 bridgehead atoms. The minimum atomic E-state index is -0.0111. The van der Waals surface area contributed by atoms with Crippen LogP contribution in [0.25, 0.3) is 11.4 Å². The Morgan fingerprint density at radius 1 is 1.38 bits per heavy atom. The van der Waals surface area contributed by atoms with Gasteiger partial charge in [-0.05, 0) is 24.6 Å². The first-order valence-corrected chi connectivity index (χ1v) is 7.30. The molecule has 0 saturated carbocycles. The van der Waals surface area contributed by atoms with E-state index < -0.39 is 0 Å². The molecule has 1 saturated heterocycles. The number of hydrogen-bond acceptors (Lipinski definition) is 3. The smallest absolute Gasteiger partial charge is 0.319 e. The van der Waals surface area contributed by atoms with Gasteiger partial charge in [0.15, 0.2) is 0 Å². The number of rotatable bonds is 4. The lowest BCUT2D eigenvalue weighted by atomic mass is 10.1. The number of aromatic nitrogens is 3. The van der Waals surface area contributed by atoms with Crippen LogP contribution in [0, 0.1) is 0 Å². The molecule has 2 aromatic rings. The Kier molecular flexibility index (Phi) is 3.85. The summed E-state index contributed by atoms with van der Waals surface area (Å²) in [7, 11) is 0. The van der Waals surface area contributed by atoms with Crippen molar-refractivity contribution in [2.24, 2.45) is 0 Å². The highest BCUT2D eigenvalue weighted by Crippen LogP contribution is 2.28. The van der Waals surface area contributed by atoms with Crippen LogP contribution in [0.3, 0.4) is 0 Å². The molecule has 1 unspecified atom stereocenters. The van der Waals surface area contributed by atoms with Gasteiger partial charge < -0.3 is 10.2 Å². The van der Waals surface area contributed by atoms with E-state index in [1.807, 2.05) is 47.0 Å². The number of likely N-dealkylation sites (tertiary alicyclic amines) is 1. The van der Waals surface area contributed by atoms with E-state index in [1.165, 1.54) is 0 Å². The predicted molar refractivity (Wildman–Crippen MR) is 79.5 cm³/mol. The minimum Gasteiger partial charge on any atom is -0.338 e. The highest BCUT2D eigenvalue weighted by Gasteiger charge is 2.33. The van der Waals surface area contributed by atoms with Crippen LogP contribution in [-0.4, -0.2) is 38.8 Å². The standard InChI is InChI=1S/C15H19N5O/c1-2-8-17-15(21)19-10-7-14(19)20-11-6-13(18-20)12-5-3-4-9-16-12/h3-6,9,11,14H,2,7-8,10H2,1H3,(H,17,21). The summed E-state index contributed by atoms with van der Waals surface area (Å²) in [5.41, 5.74) is 1.67. The Balaban J connectivity index is 1.71. The van der Waals surface area contributed by atoms with Gasteiger partial charge in [-0.2, -0.15) is 5.10 Å². The Morgan fingerprint density at radius 3 is 2.95 bits per heavy atom. The summed E-state index contributed by atoms with van der Waals surface area (Å²) in [5.74, 6) is 0. The molecular formula is C15H19N5O. The SMILES string of the molecule is CCCNC(=O)N1CCC1n1ccc(-c2ccccn2)n1. The summed E-state index contributed by atoms with van der Waals surface area (Å²) in [4.78, 5) is 18.1. The molecule has 21 heavy (non-hydrogen) atoms. The van der Waals surface area contributed by atoms with E-state index in [0.717, 1.165) is 30.8 Å². The zero-order valence-corrected chi connectivity index (χ0v) is 12.1. The number of amides is 2. The van der Waals surface area contributed by atoms with Crippen LogP contribution >= 0.6 is 0 Å². The first-order valence-electron chi connectivity index (χ1n) is 7.30. The van der Waals surface area contributed by atoms with Gasteiger partial charge in [-0.15, -0.1) is 0 Å². The van der Waals surface area contributed by atoms with Gasteiger partial charge >= 0.3 is 6.03 Å². The molecule has 2 amide bonds. The third-order valence-electron chi connectivity index (χ3n) is 3.62. The summed E-state index contributed by atoms with van der Waals surface area (Å²) in [6.45, 7) is 3.53. The highest BCUT2D eigenvalue weighted by molar-refractivity contribution is 5.75. The summed E-state index contributed by atoms with van der Waals surface area (Å²) < 4.78 is 1.85. The first-order chi connectivity index (χ1) is 10.3. The monoisotopic (exact) mass is 285 g/mol. The zero-order valence-electron chi connectivity index (χ0n) is 12.1. The lowest BCUT2D eigenvalue weighted by Gasteiger charge is -2.40. The number of hydrogen-bond donors (Lipinski definition) is 1. The molecule has 2 aromatic heterocycles. The van der Waals surface area contributed by atoms with Gasteiger partial charge in [0.05, 0.1) is 5.69 Å². The second kappa shape index (κ2) is 5.95. The van der Waals surface area contributed by atoms with Crippen molar-refractivity contribution in [3.8, 4) is 11.4 Å². The molecule has 0 radical (unpaired) electrons. The Morgan fingerprint density at radius 2 is 2.29 bits per heavy atom. The van der Waals surface area contributed by atoms with E-state index in [1.54, 1.807) is 6.20 Å². The molecule has 0 aliphatic carbocycles. The van der Waals surface area contributed by atoms with E-state index in [2.05, 4.69) is 15.4 Å². The minimum absolute atomic E-state index is 0.0111. The molecule has 1 fully saturated rings. The number of carbonyl (C=O) groups excluding carboxylic acids is 1. The summed E-state index contributed by atoms with van der Waals surface area (Å²) in [6, 6.07) is 7.67. The predicted octanol–water partition coefficient (Wildman–Crippen LogP) is 2.27. The fourth-order valence-electron chi connectivity index (χ4n) is 2.37. The maximum Gasteiger partial charge on any atom is 0.319 e. The van der Waals surface area contributed by atoms with E-state index in [9.17, 15) is 4.79 Å². The van der Waals surface area contributed by atoms with Gasteiger partial charge in [-0.3, -0.25) is 4.98 Å². The molecule has 110 valence electrons. The van der Waals surface area contributed by atoms with Crippen LogP contribution in [0.15, 0.2) is 36.7 Å². The Hall–Kier alpha value is -2.37. The maximum absolute atomic E-state index is 12.0. The van der Waals surface area contributed by atoms with Crippen LogP contribution in [0.2, 0.25) is 0 Å². The van der Waals surface area contributed by atoms with Crippen LogP contribution in [0.1, 0.15) is 25.9 Å². The molecule has 3 rings (SSSR count). The van der Waals surface area contributed by atoms with E-state index >= 15 is 0 Å². The molecule has 0 aromatic carbocycles. The van der Waals surface area contributed by atoms with Gasteiger partial charge in [0.1, 0.15) is 11.9 Å². The zero-order chi connectivity index (χ0) is 14.7. The number of nitrogens with one attached hydrogen (secondary N) is 1. The molecule has 3 heterocycles. The quantitative estimate of drug-likeness (QED) is 0.937. The summed E-state index contributed by atoms with van der Waals surface area (Å²) in [6.07, 6.45) is 5.55. The normalized spacial score (nSPS) is 17.4. The fraction of sp³-hybridized carbons (Fsp3) is 0.400. The average Bonchev–Trinajstić information content (AvgIpc) is 2.94. The molecule has 6 heteroatoms. The third-order valence-corrected chi connectivity index (χ3v) is 3.62. The maximum atomic E-state index is 12.0. The molecular weight excluding hydrogens is 266 g/mol. The van der Waals surface area contributed by atoms with Crippen molar-refractivity contribution < 1.29 is 4.79 Å². The van der Waals surface area contributed by atoms with Crippen LogP contribution < -0.4 is 5.32 Å². The number of pyridine rings is 1. The third kappa shape index (κ3) is 2.74. The van der Waals surface area contributed by atoms with Crippen molar-refractivity contribution in [3.05, 3.63) is 36.7 Å². The van der Waals surface area contributed by atoms with Crippen LogP contribution in [0.5, 0.6) is 0 Å². The van der Waals surface area contributed by atoms with E-state index in [-0.39, 0.29) is 12.2 Å². The van der Waals surface area contributed by atoms with Crippen molar-refractivity contribution in [1.82, 2.24) is 25.0 Å². The Labute approximate surface area is 123 Å². The van der Waals surface area contributed by atoms with Crippen molar-refractivity contribution in [2.45, 2.75) is 25.9 Å². The van der Waals surface area contributed by atoms with Gasteiger partial charge in [0.25, 0.3) is 0 Å². The van der Waals surface area contributed by atoms with Crippen molar-refractivity contribution >= 4 is 6.03 Å². The average molecular weight is 285 g/mol. The van der Waals surface area contributed by atoms with Gasteiger partial charge in [0, 0.05) is 31.9 Å². The summed E-state index contributed by atoms with van der Waals surface area (Å²) in [5, 5.41) is 7.45. The highest BCUT2D eigenvalue weighted by atomic mass is 16.2. The van der Waals surface area contributed by atoms with Crippen molar-refractivity contribution in [2.75, 3.05) is 13.1 Å². The number of urea groups is 1. The van der Waals surface area contributed by atoms with Gasteiger partial charge in [-0.25, -0.2) is 9.48 Å². The largest absolute Gasteiger partial charge is 0.338 e. The van der Waals surface area contributed by atoms with Crippen molar-refractivity contribution in [3.63, 3.8) is 0 Å². The molecule has 1 aliphatic rings. The second-order valence-electron chi connectivity index (χ2n) is 5.09. The number of nitrogens with zero attached hydrogens (tertiary/aromatic N) is 4. The second-order valence-corrected chi connectivity index (χ2v) is 5.09. The molecule has 0 spiro atoms. The van der Waals surface area contributed by atoms with Crippen LogP contribution in [-0.2, 0) is 0 Å². The molecule has 1 N–H and O–H groups in total. The lowest BCUT2D eigenvalue weighted by molar-refractivity contribution is 0.0618. The Bertz CT molecular complexity index is 610. The lowest BCUT2D eigenvalue weighted by Crippen LogP contribution is -2.52. The van der Waals surface area contributed by atoms with Crippen molar-refractivity contribution in [1.29, 1.82) is 0 Å². The van der Waals surface area contributed by atoms with Gasteiger partial charge in [0.2, 0.25) is 0 Å². The number of carbonyl (C=O) groups is 1. The topological polar surface area (TPSA) is 63.1 Å². The summed E-state index contributed by atoms with van der Waals surface area (Å²) >= 11 is 0. The van der Waals surface area contributed by atoms with Gasteiger partial charge in [-0.1, -0.05) is 13.0 Å². The first kappa shape index (κ1) is 13.6. The molecule has 6 nitrogen and oxygen atoms in total. The fourth-order valence-corrected chi connectivity index (χ4v) is 2.37. The molecule has 1 atom stereocenters.